The quantitative estimate of drug-likeness (QED) is 0.311. The van der Waals surface area contributed by atoms with Gasteiger partial charge in [-0.15, -0.1) is 0 Å². The van der Waals surface area contributed by atoms with Crippen molar-refractivity contribution in [3.63, 3.8) is 0 Å². The molecule has 2 N–H and O–H groups in total. The van der Waals surface area contributed by atoms with E-state index in [0.29, 0.717) is 50.9 Å². The molecule has 13 heteroatoms. The van der Waals surface area contributed by atoms with E-state index in [1.165, 1.54) is 42.7 Å². The summed E-state index contributed by atoms with van der Waals surface area (Å²) < 4.78 is 43.9. The van der Waals surface area contributed by atoms with Crippen molar-refractivity contribution >= 4 is 37.7 Å². The van der Waals surface area contributed by atoms with Gasteiger partial charge in [-0.2, -0.15) is 0 Å². The van der Waals surface area contributed by atoms with Gasteiger partial charge in [0.2, 0.25) is 0 Å². The first-order valence-electron chi connectivity index (χ1n) is 11.2. The van der Waals surface area contributed by atoms with Crippen LogP contribution in [-0.4, -0.2) is 74.1 Å². The Kier molecular flexibility index (Phi) is 9.98. The third-order valence-electron chi connectivity index (χ3n) is 5.56. The van der Waals surface area contributed by atoms with Gasteiger partial charge < -0.3 is 47.6 Å². The molecule has 0 amide bonds. The Labute approximate surface area is 217 Å². The van der Waals surface area contributed by atoms with Gasteiger partial charge in [0.05, 0.1) is 42.7 Å². The molecule has 3 aromatic carbocycles. The molecule has 0 spiro atoms. The van der Waals surface area contributed by atoms with Gasteiger partial charge in [-0.05, 0) is 54.0 Å². The summed E-state index contributed by atoms with van der Waals surface area (Å²) in [5, 5.41) is 22.2. The SMILES string of the molecule is COc1cc(OC)cc(B(OB(O)c2cc(OC)ccc2OC)OB(O)c2cc(OC)ccc2OC)c1. The van der Waals surface area contributed by atoms with Gasteiger partial charge in [0, 0.05) is 17.0 Å². The molecule has 0 fully saturated rings. The van der Waals surface area contributed by atoms with Crippen LogP contribution in [0.2, 0.25) is 0 Å². The average Bonchev–Trinajstić information content (AvgIpc) is 2.95. The standard InChI is InChI=1S/C24H29B3O10/c1-30-17-7-9-23(34-5)21(14-17)25(28)36-27(16-11-19(32-3)13-20(12-16)33-4)37-26(29)22-15-18(31-2)8-10-24(22)35-6/h7-15,28-29H,1-6H3. The molecule has 0 aliphatic heterocycles. The highest BCUT2D eigenvalue weighted by Gasteiger charge is 2.36. The van der Waals surface area contributed by atoms with E-state index in [1.54, 1.807) is 54.6 Å². The molecule has 3 rings (SSSR count). The molecule has 0 saturated heterocycles. The summed E-state index contributed by atoms with van der Waals surface area (Å²) in [5.74, 6) is 2.61. The van der Waals surface area contributed by atoms with Crippen molar-refractivity contribution in [2.45, 2.75) is 0 Å². The lowest BCUT2D eigenvalue weighted by Gasteiger charge is -2.22. The number of rotatable bonds is 13. The fraction of sp³-hybridized carbons (Fsp3) is 0.250. The van der Waals surface area contributed by atoms with Crippen LogP contribution in [0, 0.1) is 0 Å². The fourth-order valence-electron chi connectivity index (χ4n) is 3.60. The van der Waals surface area contributed by atoms with E-state index in [9.17, 15) is 10.0 Å². The van der Waals surface area contributed by atoms with Crippen molar-refractivity contribution in [1.82, 2.24) is 0 Å². The molecule has 0 heterocycles. The topological polar surface area (TPSA) is 114 Å². The maximum Gasteiger partial charge on any atom is 0.481 e. The smallest absolute Gasteiger partial charge is 0.481 e. The van der Waals surface area contributed by atoms with Crippen LogP contribution < -0.4 is 44.8 Å². The Morgan fingerprint density at radius 3 is 1.24 bits per heavy atom. The van der Waals surface area contributed by atoms with Crippen LogP contribution in [0.25, 0.3) is 0 Å². The summed E-state index contributed by atoms with van der Waals surface area (Å²) in [4.78, 5) is 0. The lowest BCUT2D eigenvalue weighted by molar-refractivity contribution is 0.350. The van der Waals surface area contributed by atoms with Gasteiger partial charge in [0.25, 0.3) is 0 Å². The van der Waals surface area contributed by atoms with Crippen LogP contribution >= 0.6 is 0 Å². The van der Waals surface area contributed by atoms with Crippen molar-refractivity contribution in [2.75, 3.05) is 42.7 Å². The predicted molar refractivity (Wildman–Crippen MR) is 141 cm³/mol. The van der Waals surface area contributed by atoms with E-state index in [2.05, 4.69) is 0 Å². The molecule has 0 bridgehead atoms. The molecular weight excluding hydrogens is 481 g/mol. The Hall–Kier alpha value is -3.51. The molecule has 0 radical (unpaired) electrons. The first-order valence-corrected chi connectivity index (χ1v) is 11.2. The van der Waals surface area contributed by atoms with Crippen LogP contribution in [0.4, 0.5) is 0 Å². The third kappa shape index (κ3) is 6.83. The normalized spacial score (nSPS) is 10.4. The highest BCUT2D eigenvalue weighted by molar-refractivity contribution is 6.79. The molecule has 0 atom stereocenters. The van der Waals surface area contributed by atoms with Crippen LogP contribution in [0.3, 0.4) is 0 Å². The second-order valence-electron chi connectivity index (χ2n) is 7.67. The van der Waals surface area contributed by atoms with E-state index >= 15 is 0 Å². The molecule has 10 nitrogen and oxygen atoms in total. The predicted octanol–water partition coefficient (Wildman–Crippen LogP) is 0.242. The maximum atomic E-state index is 11.1. The van der Waals surface area contributed by atoms with Crippen LogP contribution in [-0.2, 0) is 9.14 Å². The van der Waals surface area contributed by atoms with Gasteiger partial charge in [-0.3, -0.25) is 0 Å². The second-order valence-corrected chi connectivity index (χ2v) is 7.67. The molecule has 0 aromatic heterocycles. The molecular formula is C24H29B3O10. The Bertz CT molecular complexity index is 1090. The van der Waals surface area contributed by atoms with Crippen molar-refractivity contribution in [3.05, 3.63) is 54.6 Å². The van der Waals surface area contributed by atoms with E-state index in [-0.39, 0.29) is 0 Å². The van der Waals surface area contributed by atoms with E-state index in [1.807, 2.05) is 0 Å². The average molecular weight is 510 g/mol. The van der Waals surface area contributed by atoms with Crippen molar-refractivity contribution < 1.29 is 47.6 Å². The number of methoxy groups -OCH3 is 6. The van der Waals surface area contributed by atoms with Crippen molar-refractivity contribution in [1.29, 1.82) is 0 Å². The monoisotopic (exact) mass is 510 g/mol. The van der Waals surface area contributed by atoms with Gasteiger partial charge in [-0.1, -0.05) is 0 Å². The lowest BCUT2D eigenvalue weighted by Crippen LogP contribution is -2.52. The second kappa shape index (κ2) is 13.2. The zero-order valence-electron chi connectivity index (χ0n) is 21.6. The summed E-state index contributed by atoms with van der Waals surface area (Å²) >= 11 is 0. The molecule has 194 valence electrons. The molecule has 0 aliphatic rings. The van der Waals surface area contributed by atoms with Gasteiger partial charge >= 0.3 is 21.4 Å². The van der Waals surface area contributed by atoms with Crippen LogP contribution in [0.5, 0.6) is 34.5 Å². The zero-order chi connectivity index (χ0) is 26.9. The molecule has 3 aromatic rings. The highest BCUT2D eigenvalue weighted by atomic mass is 16.6. The van der Waals surface area contributed by atoms with E-state index < -0.39 is 21.4 Å². The first-order chi connectivity index (χ1) is 17.9. The molecule has 37 heavy (non-hydrogen) atoms. The minimum absolute atomic E-state index is 0.291. The van der Waals surface area contributed by atoms with Crippen molar-refractivity contribution in [3.8, 4) is 34.5 Å². The largest absolute Gasteiger partial charge is 0.497 e. The zero-order valence-corrected chi connectivity index (χ0v) is 21.6. The Morgan fingerprint density at radius 2 is 0.892 bits per heavy atom. The molecule has 0 saturated carbocycles. The maximum absolute atomic E-state index is 11.1. The minimum Gasteiger partial charge on any atom is -0.497 e. The molecule has 0 aliphatic carbocycles. The Balaban J connectivity index is 2.03. The third-order valence-corrected chi connectivity index (χ3v) is 5.56. The first kappa shape index (κ1) is 28.1. The fourth-order valence-corrected chi connectivity index (χ4v) is 3.60. The summed E-state index contributed by atoms with van der Waals surface area (Å²) in [6.07, 6.45) is 0. The number of hydrogen-bond acceptors (Lipinski definition) is 10. The number of ether oxygens (including phenoxy) is 6. The lowest BCUT2D eigenvalue weighted by atomic mass is 9.67. The van der Waals surface area contributed by atoms with Gasteiger partial charge in [0.1, 0.15) is 34.5 Å². The minimum atomic E-state index is -1.54. The molecule has 0 unspecified atom stereocenters. The summed E-state index contributed by atoms with van der Waals surface area (Å²) in [5.41, 5.74) is 0.982. The van der Waals surface area contributed by atoms with E-state index in [0.717, 1.165) is 0 Å². The van der Waals surface area contributed by atoms with Gasteiger partial charge in [0.15, 0.2) is 0 Å². The Morgan fingerprint density at radius 1 is 0.486 bits per heavy atom. The summed E-state index contributed by atoms with van der Waals surface area (Å²) in [6.45, 7) is 0. The summed E-state index contributed by atoms with van der Waals surface area (Å²) in [7, 11) is 4.58. The van der Waals surface area contributed by atoms with Crippen LogP contribution in [0.1, 0.15) is 0 Å². The van der Waals surface area contributed by atoms with Gasteiger partial charge in [-0.25, -0.2) is 0 Å². The number of hydrogen-bond donors (Lipinski definition) is 2. The van der Waals surface area contributed by atoms with E-state index in [4.69, 9.17) is 37.6 Å². The summed E-state index contributed by atoms with van der Waals surface area (Å²) in [6, 6.07) is 14.8. The van der Waals surface area contributed by atoms with Crippen LogP contribution in [0.15, 0.2) is 54.6 Å². The van der Waals surface area contributed by atoms with Crippen molar-refractivity contribution in [2.24, 2.45) is 0 Å². The highest BCUT2D eigenvalue weighted by Crippen LogP contribution is 2.21. The number of benzene rings is 3.